The Labute approximate surface area is 218 Å². The molecule has 3 aromatic carbocycles. The minimum absolute atomic E-state index is 0.0749. The van der Waals surface area contributed by atoms with E-state index in [2.05, 4.69) is 90.2 Å². The number of piperazine rings is 1. The SMILES string of the molecule is CCn1cc(C(CC(=O)N2CCN(c3ccccc3C)CC2)c2ccc3c(c2)OCO3)c2ccccc21. The number of rotatable bonds is 6. The number of carbonyl (C=O) groups excluding carboxylic acids is 1. The fraction of sp³-hybridized carbons (Fsp3) is 0.323. The van der Waals surface area contributed by atoms with Crippen molar-refractivity contribution in [1.29, 1.82) is 0 Å². The zero-order chi connectivity index (χ0) is 25.4. The quantitative estimate of drug-likeness (QED) is 0.351. The van der Waals surface area contributed by atoms with Gasteiger partial charge in [-0.2, -0.15) is 0 Å². The smallest absolute Gasteiger partial charge is 0.231 e. The molecule has 0 spiro atoms. The highest BCUT2D eigenvalue weighted by Crippen LogP contribution is 2.40. The first-order valence-electron chi connectivity index (χ1n) is 13.2. The third kappa shape index (κ3) is 4.41. The third-order valence-electron chi connectivity index (χ3n) is 7.80. The molecule has 3 heterocycles. The number of hydrogen-bond acceptors (Lipinski definition) is 4. The topological polar surface area (TPSA) is 46.9 Å². The Kier molecular flexibility index (Phi) is 6.25. The lowest BCUT2D eigenvalue weighted by atomic mass is 9.87. The van der Waals surface area contributed by atoms with Crippen LogP contribution in [0.25, 0.3) is 10.9 Å². The van der Waals surface area contributed by atoms with Crippen molar-refractivity contribution in [2.45, 2.75) is 32.7 Å². The van der Waals surface area contributed by atoms with Gasteiger partial charge in [-0.1, -0.05) is 42.5 Å². The maximum absolute atomic E-state index is 13.8. The molecule has 6 rings (SSSR count). The Balaban J connectivity index is 1.28. The van der Waals surface area contributed by atoms with Gasteiger partial charge in [0.05, 0.1) is 0 Å². The highest BCUT2D eigenvalue weighted by Gasteiger charge is 2.29. The van der Waals surface area contributed by atoms with Crippen LogP contribution in [0.1, 0.15) is 36.0 Å². The van der Waals surface area contributed by atoms with Crippen LogP contribution in [0.5, 0.6) is 11.5 Å². The number of carbonyl (C=O) groups is 1. The normalized spacial score (nSPS) is 15.8. The molecule has 0 N–H and O–H groups in total. The third-order valence-corrected chi connectivity index (χ3v) is 7.80. The van der Waals surface area contributed by atoms with Crippen molar-refractivity contribution >= 4 is 22.5 Å². The molecule has 190 valence electrons. The van der Waals surface area contributed by atoms with Gasteiger partial charge in [0, 0.05) is 67.8 Å². The van der Waals surface area contributed by atoms with Gasteiger partial charge in [-0.15, -0.1) is 0 Å². The summed E-state index contributed by atoms with van der Waals surface area (Å²) >= 11 is 0. The maximum atomic E-state index is 13.8. The molecule has 2 aliphatic rings. The number of para-hydroxylation sites is 2. The number of nitrogens with zero attached hydrogens (tertiary/aromatic N) is 3. The van der Waals surface area contributed by atoms with Crippen LogP contribution in [0.4, 0.5) is 5.69 Å². The molecule has 1 aromatic heterocycles. The summed E-state index contributed by atoms with van der Waals surface area (Å²) in [6, 6.07) is 23.1. The van der Waals surface area contributed by atoms with Crippen molar-refractivity contribution in [2.24, 2.45) is 0 Å². The van der Waals surface area contributed by atoms with E-state index in [9.17, 15) is 4.79 Å². The Morgan fingerprint density at radius 1 is 0.919 bits per heavy atom. The van der Waals surface area contributed by atoms with E-state index in [4.69, 9.17) is 9.47 Å². The number of anilines is 1. The second kappa shape index (κ2) is 9.85. The fourth-order valence-electron chi connectivity index (χ4n) is 5.77. The van der Waals surface area contributed by atoms with E-state index in [1.165, 1.54) is 27.7 Å². The summed E-state index contributed by atoms with van der Waals surface area (Å²) in [4.78, 5) is 18.2. The summed E-state index contributed by atoms with van der Waals surface area (Å²) < 4.78 is 13.5. The van der Waals surface area contributed by atoms with Crippen molar-refractivity contribution in [3.8, 4) is 11.5 Å². The van der Waals surface area contributed by atoms with E-state index in [1.807, 2.05) is 11.0 Å². The predicted octanol–water partition coefficient (Wildman–Crippen LogP) is 5.57. The molecule has 0 saturated carbocycles. The molecule has 0 bridgehead atoms. The zero-order valence-electron chi connectivity index (χ0n) is 21.5. The van der Waals surface area contributed by atoms with Gasteiger partial charge in [0.25, 0.3) is 0 Å². The van der Waals surface area contributed by atoms with E-state index in [0.29, 0.717) is 6.42 Å². The predicted molar refractivity (Wildman–Crippen MR) is 147 cm³/mol. The van der Waals surface area contributed by atoms with Crippen LogP contribution in [0.15, 0.2) is 72.9 Å². The zero-order valence-corrected chi connectivity index (χ0v) is 21.5. The van der Waals surface area contributed by atoms with Gasteiger partial charge in [-0.05, 0) is 54.8 Å². The summed E-state index contributed by atoms with van der Waals surface area (Å²) in [5.74, 6) is 1.63. The molecular formula is C31H33N3O3. The van der Waals surface area contributed by atoms with Gasteiger partial charge >= 0.3 is 0 Å². The van der Waals surface area contributed by atoms with E-state index < -0.39 is 0 Å². The van der Waals surface area contributed by atoms with Crippen LogP contribution in [-0.4, -0.2) is 48.3 Å². The number of aromatic nitrogens is 1. The van der Waals surface area contributed by atoms with Gasteiger partial charge in [-0.25, -0.2) is 0 Å². The molecule has 37 heavy (non-hydrogen) atoms. The molecule has 0 aliphatic carbocycles. The summed E-state index contributed by atoms with van der Waals surface area (Å²) in [5, 5.41) is 1.20. The molecule has 0 radical (unpaired) electrons. The Morgan fingerprint density at radius 3 is 2.49 bits per heavy atom. The number of ether oxygens (including phenoxy) is 2. The number of amides is 1. The number of hydrogen-bond donors (Lipinski definition) is 0. The summed E-state index contributed by atoms with van der Waals surface area (Å²) in [6.45, 7) is 8.59. The fourth-order valence-corrected chi connectivity index (χ4v) is 5.77. The standard InChI is InChI=1S/C31H33N3O3/c1-3-32-20-26(24-9-5-7-11-28(24)32)25(23-12-13-29-30(18-23)37-21-36-29)19-31(35)34-16-14-33(15-17-34)27-10-6-4-8-22(27)2/h4-13,18,20,25H,3,14-17,19,21H2,1-2H3. The van der Waals surface area contributed by atoms with Crippen LogP contribution < -0.4 is 14.4 Å². The average Bonchev–Trinajstić information content (AvgIpc) is 3.56. The van der Waals surface area contributed by atoms with E-state index in [0.717, 1.165) is 49.8 Å². The molecule has 4 aromatic rings. The van der Waals surface area contributed by atoms with Crippen molar-refractivity contribution < 1.29 is 14.3 Å². The molecule has 1 saturated heterocycles. The largest absolute Gasteiger partial charge is 0.454 e. The van der Waals surface area contributed by atoms with E-state index in [1.54, 1.807) is 0 Å². The molecule has 1 amide bonds. The summed E-state index contributed by atoms with van der Waals surface area (Å²) in [6.07, 6.45) is 2.64. The highest BCUT2D eigenvalue weighted by atomic mass is 16.7. The average molecular weight is 496 g/mol. The van der Waals surface area contributed by atoms with Crippen molar-refractivity contribution in [1.82, 2.24) is 9.47 Å². The van der Waals surface area contributed by atoms with Crippen LogP contribution in [0.2, 0.25) is 0 Å². The first-order chi connectivity index (χ1) is 18.1. The maximum Gasteiger partial charge on any atom is 0.231 e. The first kappa shape index (κ1) is 23.5. The molecule has 1 fully saturated rings. The highest BCUT2D eigenvalue weighted by molar-refractivity contribution is 5.87. The first-order valence-corrected chi connectivity index (χ1v) is 13.2. The molecular weight excluding hydrogens is 462 g/mol. The van der Waals surface area contributed by atoms with Crippen molar-refractivity contribution in [2.75, 3.05) is 37.9 Å². The van der Waals surface area contributed by atoms with Gasteiger partial charge in [-0.3, -0.25) is 4.79 Å². The Hall–Kier alpha value is -3.93. The van der Waals surface area contributed by atoms with Gasteiger partial charge < -0.3 is 23.8 Å². The molecule has 6 nitrogen and oxygen atoms in total. The van der Waals surface area contributed by atoms with E-state index in [-0.39, 0.29) is 18.6 Å². The molecule has 1 unspecified atom stereocenters. The number of aryl methyl sites for hydroxylation is 2. The second-order valence-electron chi connectivity index (χ2n) is 9.91. The lowest BCUT2D eigenvalue weighted by molar-refractivity contribution is -0.131. The van der Waals surface area contributed by atoms with Gasteiger partial charge in [0.2, 0.25) is 12.7 Å². The van der Waals surface area contributed by atoms with Gasteiger partial charge in [0.1, 0.15) is 0 Å². The van der Waals surface area contributed by atoms with E-state index >= 15 is 0 Å². The Bertz CT molecular complexity index is 1430. The van der Waals surface area contributed by atoms with Crippen LogP contribution in [0, 0.1) is 6.92 Å². The van der Waals surface area contributed by atoms with Crippen LogP contribution in [-0.2, 0) is 11.3 Å². The lowest BCUT2D eigenvalue weighted by Gasteiger charge is -2.37. The molecule has 1 atom stereocenters. The van der Waals surface area contributed by atoms with Crippen LogP contribution >= 0.6 is 0 Å². The number of benzene rings is 3. The molecule has 2 aliphatic heterocycles. The molecule has 6 heteroatoms. The Morgan fingerprint density at radius 2 is 1.68 bits per heavy atom. The summed E-state index contributed by atoms with van der Waals surface area (Å²) in [5.41, 5.74) is 6.00. The van der Waals surface area contributed by atoms with Crippen molar-refractivity contribution in [3.05, 3.63) is 89.6 Å². The lowest BCUT2D eigenvalue weighted by Crippen LogP contribution is -2.49. The second-order valence-corrected chi connectivity index (χ2v) is 9.91. The van der Waals surface area contributed by atoms with Crippen LogP contribution in [0.3, 0.4) is 0 Å². The number of fused-ring (bicyclic) bond motifs is 2. The summed E-state index contributed by atoms with van der Waals surface area (Å²) in [7, 11) is 0. The minimum Gasteiger partial charge on any atom is -0.454 e. The van der Waals surface area contributed by atoms with Gasteiger partial charge in [0.15, 0.2) is 11.5 Å². The minimum atomic E-state index is -0.0749. The van der Waals surface area contributed by atoms with Crippen molar-refractivity contribution in [3.63, 3.8) is 0 Å². The monoisotopic (exact) mass is 495 g/mol.